The number of piperazine rings is 1. The maximum absolute atomic E-state index is 11.3. The zero-order valence-electron chi connectivity index (χ0n) is 10.7. The second-order valence-electron chi connectivity index (χ2n) is 5.95. The first-order valence-corrected chi connectivity index (χ1v) is 7.33. The Morgan fingerprint density at radius 1 is 0.824 bits per heavy atom. The van der Waals surface area contributed by atoms with Gasteiger partial charge in [0.1, 0.15) is 5.78 Å². The molecule has 96 valence electrons. The van der Waals surface area contributed by atoms with Gasteiger partial charge in [0.15, 0.2) is 0 Å². The van der Waals surface area contributed by atoms with E-state index in [1.807, 2.05) is 0 Å². The number of nitrogens with zero attached hydrogens (tertiary/aromatic N) is 2. The summed E-state index contributed by atoms with van der Waals surface area (Å²) >= 11 is 0. The van der Waals surface area contributed by atoms with E-state index in [0.717, 1.165) is 31.7 Å². The lowest BCUT2D eigenvalue weighted by atomic mass is 9.91. The van der Waals surface area contributed by atoms with Crippen molar-refractivity contribution in [1.29, 1.82) is 0 Å². The molecule has 0 aromatic rings. The van der Waals surface area contributed by atoms with Crippen LogP contribution in [0.4, 0.5) is 0 Å². The van der Waals surface area contributed by atoms with Crippen molar-refractivity contribution >= 4 is 5.78 Å². The van der Waals surface area contributed by atoms with Crippen molar-refractivity contribution in [1.82, 2.24) is 9.80 Å². The van der Waals surface area contributed by atoms with Crippen molar-refractivity contribution in [3.63, 3.8) is 0 Å². The van der Waals surface area contributed by atoms with E-state index < -0.39 is 0 Å². The van der Waals surface area contributed by atoms with E-state index >= 15 is 0 Å². The van der Waals surface area contributed by atoms with E-state index in [-0.39, 0.29) is 0 Å². The zero-order chi connectivity index (χ0) is 11.7. The smallest absolute Gasteiger partial charge is 0.133 e. The average molecular weight is 236 g/mol. The van der Waals surface area contributed by atoms with Gasteiger partial charge in [0.05, 0.1) is 0 Å². The Morgan fingerprint density at radius 3 is 2.41 bits per heavy atom. The summed E-state index contributed by atoms with van der Waals surface area (Å²) < 4.78 is 0. The first-order valence-electron chi connectivity index (χ1n) is 7.33. The molecule has 2 heterocycles. The third kappa shape index (κ3) is 2.55. The highest BCUT2D eigenvalue weighted by Crippen LogP contribution is 2.26. The Bertz CT molecular complexity index is 282. The van der Waals surface area contributed by atoms with E-state index in [2.05, 4.69) is 9.80 Å². The summed E-state index contributed by atoms with van der Waals surface area (Å²) in [6.07, 6.45) is 8.09. The van der Waals surface area contributed by atoms with E-state index in [0.29, 0.717) is 11.8 Å². The number of piperidine rings is 1. The Balaban J connectivity index is 1.56. The Labute approximate surface area is 104 Å². The number of carbonyl (C=O) groups is 1. The summed E-state index contributed by atoms with van der Waals surface area (Å²) in [5, 5.41) is 0. The molecule has 3 rings (SSSR count). The summed E-state index contributed by atoms with van der Waals surface area (Å²) in [5.74, 6) is 0.484. The van der Waals surface area contributed by atoms with Crippen molar-refractivity contribution in [2.45, 2.75) is 57.0 Å². The van der Waals surface area contributed by atoms with Crippen LogP contribution >= 0.6 is 0 Å². The Morgan fingerprint density at radius 2 is 1.59 bits per heavy atom. The highest BCUT2D eigenvalue weighted by atomic mass is 16.1. The van der Waals surface area contributed by atoms with Gasteiger partial charge in [-0.3, -0.25) is 14.6 Å². The highest BCUT2D eigenvalue weighted by molar-refractivity contribution is 5.79. The summed E-state index contributed by atoms with van der Waals surface area (Å²) in [5.41, 5.74) is 0. The number of ketones is 1. The summed E-state index contributed by atoms with van der Waals surface area (Å²) in [7, 11) is 0. The number of rotatable bonds is 1. The lowest BCUT2D eigenvalue weighted by molar-refractivity contribution is -0.121. The Hall–Kier alpha value is -0.410. The van der Waals surface area contributed by atoms with Gasteiger partial charge >= 0.3 is 0 Å². The molecule has 0 N–H and O–H groups in total. The van der Waals surface area contributed by atoms with Crippen molar-refractivity contribution in [3.05, 3.63) is 0 Å². The molecule has 3 fully saturated rings. The molecule has 3 heteroatoms. The number of Topliss-reactive ketones (excluding diaryl/α,β-unsaturated/α-hetero) is 1. The SMILES string of the molecule is O=C1CCC(N2CCN3CCCCC3C2)CC1. The molecule has 2 saturated heterocycles. The minimum absolute atomic E-state index is 0.484. The fourth-order valence-corrected chi connectivity index (χ4v) is 3.80. The van der Waals surface area contributed by atoms with Crippen LogP contribution in [0.25, 0.3) is 0 Å². The maximum Gasteiger partial charge on any atom is 0.133 e. The summed E-state index contributed by atoms with van der Waals surface area (Å²) in [6.45, 7) is 5.07. The molecule has 1 unspecified atom stereocenters. The molecule has 0 amide bonds. The van der Waals surface area contributed by atoms with Crippen LogP contribution in [0.3, 0.4) is 0 Å². The fraction of sp³-hybridized carbons (Fsp3) is 0.929. The van der Waals surface area contributed by atoms with Crippen LogP contribution < -0.4 is 0 Å². The number of hydrogen-bond acceptors (Lipinski definition) is 3. The molecule has 2 aliphatic heterocycles. The molecule has 3 nitrogen and oxygen atoms in total. The molecule has 0 spiro atoms. The lowest BCUT2D eigenvalue weighted by Crippen LogP contribution is -2.57. The zero-order valence-corrected chi connectivity index (χ0v) is 10.7. The first kappa shape index (κ1) is 11.7. The van der Waals surface area contributed by atoms with Gasteiger partial charge in [-0.15, -0.1) is 0 Å². The number of carbonyl (C=O) groups excluding carboxylic acids is 1. The second kappa shape index (κ2) is 5.07. The second-order valence-corrected chi connectivity index (χ2v) is 5.95. The van der Waals surface area contributed by atoms with E-state index in [9.17, 15) is 4.79 Å². The monoisotopic (exact) mass is 236 g/mol. The van der Waals surface area contributed by atoms with Crippen molar-refractivity contribution in [2.75, 3.05) is 26.2 Å². The molecular formula is C14H24N2O. The van der Waals surface area contributed by atoms with Gasteiger partial charge in [-0.05, 0) is 32.2 Å². The summed E-state index contributed by atoms with van der Waals surface area (Å²) in [6, 6.07) is 1.52. The molecule has 0 bridgehead atoms. The fourth-order valence-electron chi connectivity index (χ4n) is 3.80. The van der Waals surface area contributed by atoms with Gasteiger partial charge in [0, 0.05) is 44.6 Å². The molecule has 0 radical (unpaired) electrons. The van der Waals surface area contributed by atoms with Crippen LogP contribution in [0.5, 0.6) is 0 Å². The van der Waals surface area contributed by atoms with E-state index in [1.165, 1.54) is 45.4 Å². The minimum Gasteiger partial charge on any atom is -0.300 e. The number of fused-ring (bicyclic) bond motifs is 1. The van der Waals surface area contributed by atoms with Gasteiger partial charge in [0.25, 0.3) is 0 Å². The molecule has 17 heavy (non-hydrogen) atoms. The van der Waals surface area contributed by atoms with Gasteiger partial charge in [-0.1, -0.05) is 6.42 Å². The molecule has 1 saturated carbocycles. The lowest BCUT2D eigenvalue weighted by Gasteiger charge is -2.47. The van der Waals surface area contributed by atoms with Crippen molar-refractivity contribution in [2.24, 2.45) is 0 Å². The molecule has 0 aromatic heterocycles. The van der Waals surface area contributed by atoms with Crippen LogP contribution in [0.1, 0.15) is 44.9 Å². The van der Waals surface area contributed by atoms with Gasteiger partial charge < -0.3 is 0 Å². The van der Waals surface area contributed by atoms with Gasteiger partial charge in [-0.25, -0.2) is 0 Å². The molecule has 0 aromatic carbocycles. The largest absolute Gasteiger partial charge is 0.300 e. The quantitative estimate of drug-likeness (QED) is 0.692. The minimum atomic E-state index is 0.484. The predicted molar refractivity (Wildman–Crippen MR) is 68.0 cm³/mol. The molecule has 1 aliphatic carbocycles. The van der Waals surface area contributed by atoms with Crippen LogP contribution in [0.2, 0.25) is 0 Å². The van der Waals surface area contributed by atoms with Gasteiger partial charge in [0.2, 0.25) is 0 Å². The van der Waals surface area contributed by atoms with Crippen LogP contribution in [0, 0.1) is 0 Å². The van der Waals surface area contributed by atoms with Crippen molar-refractivity contribution < 1.29 is 4.79 Å². The maximum atomic E-state index is 11.3. The molecule has 3 aliphatic rings. The third-order valence-electron chi connectivity index (χ3n) is 4.90. The van der Waals surface area contributed by atoms with Gasteiger partial charge in [-0.2, -0.15) is 0 Å². The topological polar surface area (TPSA) is 23.6 Å². The third-order valence-corrected chi connectivity index (χ3v) is 4.90. The summed E-state index contributed by atoms with van der Waals surface area (Å²) in [4.78, 5) is 16.7. The molecule has 1 atom stereocenters. The standard InChI is InChI=1S/C14H24N2O/c17-14-6-4-12(5-7-14)16-10-9-15-8-2-1-3-13(15)11-16/h12-13H,1-11H2. The Kier molecular flexibility index (Phi) is 3.48. The van der Waals surface area contributed by atoms with E-state index in [1.54, 1.807) is 0 Å². The van der Waals surface area contributed by atoms with Crippen LogP contribution in [0.15, 0.2) is 0 Å². The van der Waals surface area contributed by atoms with Crippen molar-refractivity contribution in [3.8, 4) is 0 Å². The number of hydrogen-bond donors (Lipinski definition) is 0. The predicted octanol–water partition coefficient (Wildman–Crippen LogP) is 1.67. The van der Waals surface area contributed by atoms with E-state index in [4.69, 9.17) is 0 Å². The molecular weight excluding hydrogens is 212 g/mol. The average Bonchev–Trinajstić information content (AvgIpc) is 2.39. The first-order chi connectivity index (χ1) is 8.33. The van der Waals surface area contributed by atoms with Crippen LogP contribution in [-0.4, -0.2) is 53.8 Å². The van der Waals surface area contributed by atoms with Crippen LogP contribution in [-0.2, 0) is 4.79 Å². The highest BCUT2D eigenvalue weighted by Gasteiger charge is 2.33. The normalized spacial score (nSPS) is 33.6.